The first kappa shape index (κ1) is 32.5. The van der Waals surface area contributed by atoms with Gasteiger partial charge in [-0.05, 0) is 26.3 Å². The number of alkyl halides is 2. The van der Waals surface area contributed by atoms with Crippen molar-refractivity contribution in [1.29, 1.82) is 0 Å². The average Bonchev–Trinajstić information content (AvgIpc) is 2.84. The van der Waals surface area contributed by atoms with Gasteiger partial charge >= 0.3 is 50.3 Å². The normalized spacial score (nSPS) is 10.2. The molecule has 0 aliphatic heterocycles. The number of hydrogen-bond donors (Lipinski definition) is 3. The molecule has 12 heteroatoms. The summed E-state index contributed by atoms with van der Waals surface area (Å²) >= 11 is -1.20. The molecule has 0 radical (unpaired) electrons. The number of aromatic nitrogens is 2. The van der Waals surface area contributed by atoms with Crippen LogP contribution in [0.15, 0.2) is 24.3 Å². The van der Waals surface area contributed by atoms with Crippen molar-refractivity contribution in [3.63, 3.8) is 0 Å². The topological polar surface area (TPSA) is 138 Å². The average molecular weight is 611 g/mol. The molecule has 2 rings (SSSR count). The number of hydrogen-bond acceptors (Lipinski definition) is 9. The van der Waals surface area contributed by atoms with Crippen LogP contribution < -0.4 is 24.9 Å². The number of amides is 1. The Labute approximate surface area is 215 Å². The summed E-state index contributed by atoms with van der Waals surface area (Å²) < 4.78 is 28.5. The summed E-state index contributed by atoms with van der Waals surface area (Å²) in [5.41, 5.74) is 14.0. The van der Waals surface area contributed by atoms with Crippen molar-refractivity contribution in [2.45, 2.75) is 41.2 Å². The molecule has 2 aromatic rings. The van der Waals surface area contributed by atoms with E-state index in [4.69, 9.17) is 25.7 Å². The Hall–Kier alpha value is -2.45. The molecule has 200 valence electrons. The summed E-state index contributed by atoms with van der Waals surface area (Å²) in [6.07, 6.45) is -0.589. The van der Waals surface area contributed by atoms with Crippen molar-refractivity contribution in [2.24, 2.45) is 0 Å². The quantitative estimate of drug-likeness (QED) is 0.151. The molecule has 0 saturated heterocycles. The number of nitrogens with one attached hydrogen (secondary N) is 1. The minimum atomic E-state index is -1.20. The summed E-state index contributed by atoms with van der Waals surface area (Å²) in [4.78, 5) is 26.0. The fourth-order valence-corrected chi connectivity index (χ4v) is 2.48. The maximum atomic E-state index is 12.6. The summed E-state index contributed by atoms with van der Waals surface area (Å²) in [7, 11) is 0. The van der Waals surface area contributed by atoms with E-state index in [0.717, 1.165) is 11.1 Å². The molecule has 0 saturated carbocycles. The third kappa shape index (κ3) is 12.7. The fraction of sp³-hybridized carbons (Fsp3) is 0.522. The van der Waals surface area contributed by atoms with Gasteiger partial charge in [0.15, 0.2) is 11.6 Å². The Balaban J connectivity index is 0.00000146. The van der Waals surface area contributed by atoms with Gasteiger partial charge in [-0.1, -0.05) is 43.7 Å². The Morgan fingerprint density at radius 3 is 2.34 bits per heavy atom. The summed E-state index contributed by atoms with van der Waals surface area (Å²) in [5, 5.41) is 0. The molecule has 0 fully saturated rings. The van der Waals surface area contributed by atoms with Crippen LogP contribution in [0.4, 0.5) is 26.6 Å². The number of halogens is 2. The molecule has 0 unspecified atom stereocenters. The van der Waals surface area contributed by atoms with Crippen LogP contribution in [0, 0.1) is 6.92 Å². The number of rotatable bonds is 10. The molecule has 35 heavy (non-hydrogen) atoms. The van der Waals surface area contributed by atoms with E-state index in [1.807, 2.05) is 61.8 Å². The fourth-order valence-electron chi connectivity index (χ4n) is 2.48. The van der Waals surface area contributed by atoms with Gasteiger partial charge in [-0.25, -0.2) is 4.79 Å². The molecule has 0 spiro atoms. The van der Waals surface area contributed by atoms with Gasteiger partial charge in [0.1, 0.15) is 12.3 Å². The second-order valence-corrected chi connectivity index (χ2v) is 11.5. The van der Waals surface area contributed by atoms with Gasteiger partial charge in [-0.15, -0.1) is 0 Å². The molecule has 5 N–H and O–H groups in total. The Kier molecular flexibility index (Phi) is 17.5. The summed E-state index contributed by atoms with van der Waals surface area (Å²) in [5.74, 6) is 0.161. The van der Waals surface area contributed by atoms with E-state index < -0.39 is 26.2 Å². The van der Waals surface area contributed by atoms with Gasteiger partial charge in [-0.3, -0.25) is 4.90 Å². The van der Waals surface area contributed by atoms with Crippen LogP contribution in [0.5, 0.6) is 6.01 Å². The summed E-state index contributed by atoms with van der Waals surface area (Å²) in [6, 6.07) is 7.76. The van der Waals surface area contributed by atoms with E-state index in [1.165, 1.54) is 4.90 Å². The van der Waals surface area contributed by atoms with Crippen molar-refractivity contribution in [2.75, 3.05) is 52.7 Å². The Morgan fingerprint density at radius 2 is 1.80 bits per heavy atom. The van der Waals surface area contributed by atoms with Crippen LogP contribution in [0.1, 0.15) is 38.8 Å². The first-order chi connectivity index (χ1) is 16.7. The number of nitrogens with two attached hydrogens (primary N) is 2. The van der Waals surface area contributed by atoms with Crippen LogP contribution in [-0.4, -0.2) is 52.3 Å². The molecule has 1 amide bonds. The van der Waals surface area contributed by atoms with E-state index in [1.54, 1.807) is 10.7 Å². The molecule has 10 nitrogen and oxygen atoms in total. The number of carbonyl (C=O) groups is 1. The van der Waals surface area contributed by atoms with Crippen LogP contribution in [-0.2, 0) is 16.0 Å². The van der Waals surface area contributed by atoms with Crippen molar-refractivity contribution in [3.05, 3.63) is 35.4 Å². The SMILES string of the molecule is CC.CCOCCOc1nc(N)c(N)c(N(Cc2cccc(C)c2)C(=O)OCC)n1.CI(C)NF. The van der Waals surface area contributed by atoms with Gasteiger partial charge in [-0.2, -0.15) is 9.97 Å². The van der Waals surface area contributed by atoms with Crippen LogP contribution >= 0.6 is 20.1 Å². The Bertz CT molecular complexity index is 876. The third-order valence-electron chi connectivity index (χ3n) is 3.91. The number of benzene rings is 1. The number of nitrogen functional groups attached to an aromatic ring is 2. The monoisotopic (exact) mass is 610 g/mol. The third-order valence-corrected chi connectivity index (χ3v) is 4.72. The molecule has 0 atom stereocenters. The molecular formula is C23H40FIN6O4. The first-order valence-electron chi connectivity index (χ1n) is 11.2. The van der Waals surface area contributed by atoms with Crippen molar-refractivity contribution in [3.8, 4) is 6.01 Å². The number of nitrogens with zero attached hydrogens (tertiary/aromatic N) is 3. The minimum absolute atomic E-state index is 0.0138. The molecule has 0 aliphatic rings. The number of carbonyl (C=O) groups excluding carboxylic acids is 1. The van der Waals surface area contributed by atoms with Gasteiger partial charge in [0, 0.05) is 6.61 Å². The standard InChI is InChI=1S/C19H27N5O4.C2H7FIN.C2H6/c1-4-26-9-10-28-18-22-16(21)15(20)17(23-18)24(19(25)27-5-2)12-14-8-6-7-13(3)11-14;1-4(2)5-3;1-2/h6-8,11H,4-5,9-10,12,20H2,1-3H3,(H2,21,22,23);5H,1-2H3;1-2H3. The van der Waals surface area contributed by atoms with Crippen molar-refractivity contribution >= 4 is 43.5 Å². The van der Waals surface area contributed by atoms with Gasteiger partial charge < -0.3 is 25.7 Å². The van der Waals surface area contributed by atoms with E-state index in [0.29, 0.717) is 13.2 Å². The van der Waals surface area contributed by atoms with Gasteiger partial charge in [0.25, 0.3) is 0 Å². The van der Waals surface area contributed by atoms with E-state index in [2.05, 4.69) is 9.97 Å². The van der Waals surface area contributed by atoms with Crippen LogP contribution in [0.2, 0.25) is 0 Å². The van der Waals surface area contributed by atoms with Gasteiger partial charge in [0.05, 0.1) is 19.8 Å². The zero-order valence-electron chi connectivity index (χ0n) is 21.7. The second kappa shape index (κ2) is 18.8. The van der Waals surface area contributed by atoms with Crippen molar-refractivity contribution < 1.29 is 23.5 Å². The second-order valence-electron chi connectivity index (χ2n) is 6.78. The zero-order valence-corrected chi connectivity index (χ0v) is 23.9. The maximum absolute atomic E-state index is 12.6. The number of ether oxygens (including phenoxy) is 3. The van der Waals surface area contributed by atoms with E-state index in [-0.39, 0.29) is 43.1 Å². The van der Waals surface area contributed by atoms with E-state index in [9.17, 15) is 9.28 Å². The summed E-state index contributed by atoms with van der Waals surface area (Å²) in [6.45, 7) is 11.2. The Morgan fingerprint density at radius 1 is 1.14 bits per heavy atom. The van der Waals surface area contributed by atoms with Crippen molar-refractivity contribution in [1.82, 2.24) is 13.7 Å². The molecule has 0 bridgehead atoms. The molecule has 0 aliphatic carbocycles. The zero-order chi connectivity index (χ0) is 26.8. The number of anilines is 3. The van der Waals surface area contributed by atoms with Gasteiger partial charge in [0.2, 0.25) is 0 Å². The number of aryl methyl sites for hydroxylation is 1. The van der Waals surface area contributed by atoms with Crippen LogP contribution in [0.25, 0.3) is 0 Å². The predicted molar refractivity (Wildman–Crippen MR) is 149 cm³/mol. The first-order valence-corrected chi connectivity index (χ1v) is 16.6. The molecular weight excluding hydrogens is 570 g/mol. The molecule has 1 heterocycles. The molecule has 1 aromatic heterocycles. The molecule has 1 aromatic carbocycles. The predicted octanol–water partition coefficient (Wildman–Crippen LogP) is 4.70. The van der Waals surface area contributed by atoms with Crippen LogP contribution in [0.3, 0.4) is 0 Å². The van der Waals surface area contributed by atoms with E-state index >= 15 is 0 Å².